The van der Waals surface area contributed by atoms with Crippen LogP contribution in [0.2, 0.25) is 0 Å². The molecule has 0 bridgehead atoms. The first-order chi connectivity index (χ1) is 10.2. The number of benzene rings is 1. The fourth-order valence-corrected chi connectivity index (χ4v) is 2.36. The van der Waals surface area contributed by atoms with Crippen molar-refractivity contribution in [1.82, 2.24) is 15.5 Å². The fourth-order valence-electron chi connectivity index (χ4n) is 2.36. The summed E-state index contributed by atoms with van der Waals surface area (Å²) in [6.45, 7) is 2.57. The number of nitrogens with zero attached hydrogens (tertiary/aromatic N) is 1. The molecule has 0 aliphatic carbocycles. The second kappa shape index (κ2) is 9.27. The summed E-state index contributed by atoms with van der Waals surface area (Å²) in [5.74, 6) is -0.0928. The Labute approximate surface area is 136 Å². The molecule has 1 aromatic carbocycles. The zero-order valence-electron chi connectivity index (χ0n) is 12.5. The number of carbonyl (C=O) groups is 2. The minimum atomic E-state index is -0.115. The van der Waals surface area contributed by atoms with Crippen LogP contribution in [-0.2, 0) is 17.8 Å². The highest BCUT2D eigenvalue weighted by atomic mass is 35.5. The Morgan fingerprint density at radius 2 is 1.86 bits per heavy atom. The van der Waals surface area contributed by atoms with Crippen LogP contribution in [0.1, 0.15) is 17.5 Å². The van der Waals surface area contributed by atoms with Gasteiger partial charge in [-0.1, -0.05) is 24.3 Å². The lowest BCUT2D eigenvalue weighted by molar-refractivity contribution is -0.120. The first kappa shape index (κ1) is 18.3. The van der Waals surface area contributed by atoms with Gasteiger partial charge in [-0.25, -0.2) is 4.79 Å². The molecule has 0 spiro atoms. The van der Waals surface area contributed by atoms with Crippen molar-refractivity contribution < 1.29 is 9.59 Å². The van der Waals surface area contributed by atoms with Crippen LogP contribution in [0, 0.1) is 0 Å². The summed E-state index contributed by atoms with van der Waals surface area (Å²) < 4.78 is 0. The molecule has 1 aliphatic heterocycles. The SMILES string of the molecule is Cl.NCCNC(=O)CCNC(=O)N1CCc2ccccc2C1. The number of hydrogen-bond acceptors (Lipinski definition) is 3. The summed E-state index contributed by atoms with van der Waals surface area (Å²) in [5.41, 5.74) is 7.80. The Bertz CT molecular complexity index is 510. The van der Waals surface area contributed by atoms with Gasteiger partial charge in [-0.05, 0) is 17.5 Å². The molecule has 1 aliphatic rings. The molecule has 0 unspecified atom stereocenters. The molecule has 122 valence electrons. The number of fused-ring (bicyclic) bond motifs is 1. The molecule has 0 saturated heterocycles. The summed E-state index contributed by atoms with van der Waals surface area (Å²) >= 11 is 0. The molecule has 22 heavy (non-hydrogen) atoms. The highest BCUT2D eigenvalue weighted by Gasteiger charge is 2.19. The lowest BCUT2D eigenvalue weighted by atomic mass is 10.0. The molecule has 1 heterocycles. The number of hydrogen-bond donors (Lipinski definition) is 3. The van der Waals surface area contributed by atoms with Crippen molar-refractivity contribution in [2.75, 3.05) is 26.2 Å². The Morgan fingerprint density at radius 1 is 1.14 bits per heavy atom. The standard InChI is InChI=1S/C15H22N4O2.ClH/c16-7-9-17-14(20)5-8-18-15(21)19-10-6-12-3-1-2-4-13(12)11-19;/h1-4H,5-11,16H2,(H,17,20)(H,18,21);1H. The Kier molecular flexibility index (Phi) is 7.70. The Morgan fingerprint density at radius 3 is 2.59 bits per heavy atom. The van der Waals surface area contributed by atoms with Gasteiger partial charge >= 0.3 is 6.03 Å². The minimum absolute atomic E-state index is 0. The van der Waals surface area contributed by atoms with Gasteiger partial charge in [-0.2, -0.15) is 0 Å². The van der Waals surface area contributed by atoms with Crippen LogP contribution in [0.15, 0.2) is 24.3 Å². The number of halogens is 1. The van der Waals surface area contributed by atoms with E-state index in [1.807, 2.05) is 12.1 Å². The summed E-state index contributed by atoms with van der Waals surface area (Å²) in [6, 6.07) is 8.05. The molecule has 3 amide bonds. The number of amides is 3. The summed E-state index contributed by atoms with van der Waals surface area (Å²) in [7, 11) is 0. The van der Waals surface area contributed by atoms with Crippen molar-refractivity contribution in [2.24, 2.45) is 5.73 Å². The van der Waals surface area contributed by atoms with Gasteiger partial charge in [0, 0.05) is 39.1 Å². The van der Waals surface area contributed by atoms with Crippen LogP contribution in [0.25, 0.3) is 0 Å². The van der Waals surface area contributed by atoms with Gasteiger partial charge in [0.05, 0.1) is 0 Å². The van der Waals surface area contributed by atoms with Crippen LogP contribution in [0.4, 0.5) is 4.79 Å². The molecule has 4 N–H and O–H groups in total. The number of urea groups is 1. The third-order valence-corrected chi connectivity index (χ3v) is 3.51. The van der Waals surface area contributed by atoms with E-state index in [0.29, 0.717) is 32.7 Å². The number of nitrogens with one attached hydrogen (secondary N) is 2. The maximum Gasteiger partial charge on any atom is 0.317 e. The predicted molar refractivity (Wildman–Crippen MR) is 87.9 cm³/mol. The maximum absolute atomic E-state index is 12.1. The van der Waals surface area contributed by atoms with Crippen molar-refractivity contribution in [2.45, 2.75) is 19.4 Å². The van der Waals surface area contributed by atoms with Crippen LogP contribution in [0.3, 0.4) is 0 Å². The van der Waals surface area contributed by atoms with E-state index in [-0.39, 0.29) is 30.8 Å². The van der Waals surface area contributed by atoms with E-state index in [1.54, 1.807) is 4.90 Å². The summed E-state index contributed by atoms with van der Waals surface area (Å²) in [5, 5.41) is 5.46. The molecule has 1 aromatic rings. The van der Waals surface area contributed by atoms with Gasteiger partial charge in [-0.3, -0.25) is 4.79 Å². The second-order valence-corrected chi connectivity index (χ2v) is 5.06. The van der Waals surface area contributed by atoms with Gasteiger partial charge < -0.3 is 21.3 Å². The van der Waals surface area contributed by atoms with Gasteiger partial charge in [0.1, 0.15) is 0 Å². The van der Waals surface area contributed by atoms with E-state index in [1.165, 1.54) is 11.1 Å². The Balaban J connectivity index is 0.00000242. The van der Waals surface area contributed by atoms with E-state index in [4.69, 9.17) is 5.73 Å². The lowest BCUT2D eigenvalue weighted by Gasteiger charge is -2.28. The highest BCUT2D eigenvalue weighted by molar-refractivity contribution is 5.85. The molecule has 2 rings (SSSR count). The average molecular weight is 327 g/mol. The third-order valence-electron chi connectivity index (χ3n) is 3.51. The third kappa shape index (κ3) is 5.20. The quantitative estimate of drug-likeness (QED) is 0.742. The van der Waals surface area contributed by atoms with Crippen molar-refractivity contribution in [1.29, 1.82) is 0 Å². The molecule has 0 radical (unpaired) electrons. The summed E-state index contributed by atoms with van der Waals surface area (Å²) in [6.07, 6.45) is 1.15. The molecular formula is C15H23ClN4O2. The molecule has 6 nitrogen and oxygen atoms in total. The van der Waals surface area contributed by atoms with Crippen LogP contribution >= 0.6 is 12.4 Å². The van der Waals surface area contributed by atoms with Crippen LogP contribution in [0.5, 0.6) is 0 Å². The molecule has 0 saturated carbocycles. The zero-order valence-corrected chi connectivity index (χ0v) is 13.3. The zero-order chi connectivity index (χ0) is 15.1. The number of rotatable bonds is 5. The number of carbonyl (C=O) groups excluding carboxylic acids is 2. The van der Waals surface area contributed by atoms with E-state index in [9.17, 15) is 9.59 Å². The normalized spacial score (nSPS) is 12.9. The largest absolute Gasteiger partial charge is 0.355 e. The maximum atomic E-state index is 12.1. The van der Waals surface area contributed by atoms with Crippen LogP contribution in [-0.4, -0.2) is 43.0 Å². The molecule has 0 aromatic heterocycles. The van der Waals surface area contributed by atoms with Crippen molar-refractivity contribution in [3.8, 4) is 0 Å². The van der Waals surface area contributed by atoms with Crippen molar-refractivity contribution in [3.63, 3.8) is 0 Å². The summed E-state index contributed by atoms with van der Waals surface area (Å²) in [4.78, 5) is 25.2. The van der Waals surface area contributed by atoms with E-state index < -0.39 is 0 Å². The lowest BCUT2D eigenvalue weighted by Crippen LogP contribution is -2.43. The average Bonchev–Trinajstić information content (AvgIpc) is 2.52. The molecule has 0 atom stereocenters. The second-order valence-electron chi connectivity index (χ2n) is 5.06. The Hall–Kier alpha value is -1.79. The first-order valence-electron chi connectivity index (χ1n) is 7.27. The van der Waals surface area contributed by atoms with Gasteiger partial charge in [0.15, 0.2) is 0 Å². The highest BCUT2D eigenvalue weighted by Crippen LogP contribution is 2.18. The van der Waals surface area contributed by atoms with Gasteiger partial charge in [-0.15, -0.1) is 12.4 Å². The smallest absolute Gasteiger partial charge is 0.317 e. The predicted octanol–water partition coefficient (Wildman–Crippen LogP) is 0.641. The molecule has 7 heteroatoms. The van der Waals surface area contributed by atoms with Gasteiger partial charge in [0.25, 0.3) is 0 Å². The minimum Gasteiger partial charge on any atom is -0.355 e. The van der Waals surface area contributed by atoms with Crippen molar-refractivity contribution in [3.05, 3.63) is 35.4 Å². The van der Waals surface area contributed by atoms with E-state index >= 15 is 0 Å². The first-order valence-corrected chi connectivity index (χ1v) is 7.27. The number of nitrogens with two attached hydrogens (primary N) is 1. The monoisotopic (exact) mass is 326 g/mol. The van der Waals surface area contributed by atoms with Crippen molar-refractivity contribution >= 4 is 24.3 Å². The van der Waals surface area contributed by atoms with E-state index in [2.05, 4.69) is 22.8 Å². The molecular weight excluding hydrogens is 304 g/mol. The molecule has 0 fully saturated rings. The fraction of sp³-hybridized carbons (Fsp3) is 0.467. The van der Waals surface area contributed by atoms with Crippen LogP contribution < -0.4 is 16.4 Å². The van der Waals surface area contributed by atoms with Gasteiger partial charge in [0.2, 0.25) is 5.91 Å². The topological polar surface area (TPSA) is 87.5 Å². The van der Waals surface area contributed by atoms with E-state index in [0.717, 1.165) is 6.42 Å².